The molecular weight excluding hydrogens is 250 g/mol. The van der Waals surface area contributed by atoms with Crippen LogP contribution >= 0.6 is 11.6 Å². The van der Waals surface area contributed by atoms with Crippen LogP contribution in [-0.2, 0) is 0 Å². The predicted octanol–water partition coefficient (Wildman–Crippen LogP) is 2.89. The summed E-state index contributed by atoms with van der Waals surface area (Å²) in [6.07, 6.45) is 3.28. The molecule has 1 aliphatic rings. The van der Waals surface area contributed by atoms with Crippen molar-refractivity contribution in [1.29, 1.82) is 0 Å². The standard InChI is InChI=1S/C14H18ClNO2/c1-10(18)13-6-5-11(8-14(13)15)16-7-3-2-4-12(16)9-17/h5-6,8,12,17H,2-4,7,9H2,1H3. The Balaban J connectivity index is 2.27. The maximum Gasteiger partial charge on any atom is 0.161 e. The quantitative estimate of drug-likeness (QED) is 0.856. The van der Waals surface area contributed by atoms with E-state index < -0.39 is 0 Å². The zero-order chi connectivity index (χ0) is 13.1. The van der Waals surface area contributed by atoms with Crippen molar-refractivity contribution in [3.63, 3.8) is 0 Å². The molecule has 0 saturated carbocycles. The lowest BCUT2D eigenvalue weighted by Gasteiger charge is -2.36. The lowest BCUT2D eigenvalue weighted by atomic mass is 10.0. The zero-order valence-corrected chi connectivity index (χ0v) is 11.3. The Hall–Kier alpha value is -1.06. The summed E-state index contributed by atoms with van der Waals surface area (Å²) in [7, 11) is 0. The first-order valence-corrected chi connectivity index (χ1v) is 6.69. The number of aliphatic hydroxyl groups is 1. The van der Waals surface area contributed by atoms with Crippen LogP contribution in [0.5, 0.6) is 0 Å². The average Bonchev–Trinajstić information content (AvgIpc) is 2.38. The highest BCUT2D eigenvalue weighted by molar-refractivity contribution is 6.34. The first-order chi connectivity index (χ1) is 8.63. The van der Waals surface area contributed by atoms with Crippen molar-refractivity contribution < 1.29 is 9.90 Å². The molecule has 1 unspecified atom stereocenters. The summed E-state index contributed by atoms with van der Waals surface area (Å²) in [4.78, 5) is 13.5. The van der Waals surface area contributed by atoms with Crippen molar-refractivity contribution in [2.24, 2.45) is 0 Å². The second kappa shape index (κ2) is 5.72. The molecule has 98 valence electrons. The van der Waals surface area contributed by atoms with Crippen LogP contribution in [0.25, 0.3) is 0 Å². The summed E-state index contributed by atoms with van der Waals surface area (Å²) in [6, 6.07) is 5.67. The molecule has 1 aromatic carbocycles. The first kappa shape index (κ1) is 13.4. The fourth-order valence-electron chi connectivity index (χ4n) is 2.50. The van der Waals surface area contributed by atoms with Gasteiger partial charge in [-0.25, -0.2) is 0 Å². The van der Waals surface area contributed by atoms with Crippen LogP contribution in [0.1, 0.15) is 36.5 Å². The Morgan fingerprint density at radius 3 is 2.89 bits per heavy atom. The van der Waals surface area contributed by atoms with Gasteiger partial charge in [-0.3, -0.25) is 4.79 Å². The summed E-state index contributed by atoms with van der Waals surface area (Å²) >= 11 is 6.12. The number of halogens is 1. The van der Waals surface area contributed by atoms with E-state index in [-0.39, 0.29) is 18.4 Å². The highest BCUT2D eigenvalue weighted by Gasteiger charge is 2.22. The molecule has 1 N–H and O–H groups in total. The van der Waals surface area contributed by atoms with Crippen molar-refractivity contribution in [3.05, 3.63) is 28.8 Å². The van der Waals surface area contributed by atoms with Gasteiger partial charge in [0.15, 0.2) is 5.78 Å². The van der Waals surface area contributed by atoms with Gasteiger partial charge < -0.3 is 10.0 Å². The first-order valence-electron chi connectivity index (χ1n) is 6.31. The number of ketones is 1. The number of piperidine rings is 1. The molecule has 0 aromatic heterocycles. The molecule has 0 amide bonds. The van der Waals surface area contributed by atoms with Gasteiger partial charge in [-0.2, -0.15) is 0 Å². The van der Waals surface area contributed by atoms with Gasteiger partial charge in [-0.1, -0.05) is 11.6 Å². The van der Waals surface area contributed by atoms with Crippen LogP contribution < -0.4 is 4.90 Å². The molecule has 1 heterocycles. The number of hydrogen-bond acceptors (Lipinski definition) is 3. The van der Waals surface area contributed by atoms with Crippen LogP contribution in [0, 0.1) is 0 Å². The molecular formula is C14H18ClNO2. The van der Waals surface area contributed by atoms with E-state index >= 15 is 0 Å². The second-order valence-corrected chi connectivity index (χ2v) is 5.15. The van der Waals surface area contributed by atoms with E-state index in [1.807, 2.05) is 12.1 Å². The number of hydrogen-bond donors (Lipinski definition) is 1. The fraction of sp³-hybridized carbons (Fsp3) is 0.500. The smallest absolute Gasteiger partial charge is 0.161 e. The third kappa shape index (κ3) is 2.68. The molecule has 0 aliphatic carbocycles. The molecule has 1 aliphatic heterocycles. The van der Waals surface area contributed by atoms with Crippen LogP contribution in [-0.4, -0.2) is 30.1 Å². The Kier molecular flexibility index (Phi) is 4.25. The van der Waals surface area contributed by atoms with E-state index in [4.69, 9.17) is 11.6 Å². The highest BCUT2D eigenvalue weighted by Crippen LogP contribution is 2.29. The van der Waals surface area contributed by atoms with Crippen LogP contribution in [0.3, 0.4) is 0 Å². The molecule has 2 rings (SSSR count). The maximum absolute atomic E-state index is 11.3. The number of rotatable bonds is 3. The third-order valence-corrected chi connectivity index (χ3v) is 3.81. The minimum absolute atomic E-state index is 0.0242. The van der Waals surface area contributed by atoms with Gasteiger partial charge in [0.1, 0.15) is 0 Å². The van der Waals surface area contributed by atoms with E-state index in [9.17, 15) is 9.90 Å². The molecule has 3 nitrogen and oxygen atoms in total. The summed E-state index contributed by atoms with van der Waals surface area (Å²) < 4.78 is 0. The molecule has 1 aromatic rings. The molecule has 18 heavy (non-hydrogen) atoms. The fourth-order valence-corrected chi connectivity index (χ4v) is 2.81. The van der Waals surface area contributed by atoms with Gasteiger partial charge in [0.2, 0.25) is 0 Å². The largest absolute Gasteiger partial charge is 0.394 e. The van der Waals surface area contributed by atoms with Gasteiger partial charge in [0.05, 0.1) is 17.7 Å². The van der Waals surface area contributed by atoms with Crippen LogP contribution in [0.15, 0.2) is 18.2 Å². The Labute approximate surface area is 112 Å². The Morgan fingerprint density at radius 1 is 1.50 bits per heavy atom. The normalized spacial score (nSPS) is 19.9. The molecule has 1 saturated heterocycles. The Bertz CT molecular complexity index is 447. The van der Waals surface area contributed by atoms with E-state index in [2.05, 4.69) is 4.90 Å². The number of carbonyl (C=O) groups excluding carboxylic acids is 1. The van der Waals surface area contributed by atoms with Gasteiger partial charge in [-0.05, 0) is 44.4 Å². The maximum atomic E-state index is 11.3. The minimum atomic E-state index is -0.0242. The molecule has 1 atom stereocenters. The molecule has 1 fully saturated rings. The van der Waals surface area contributed by atoms with Crippen molar-refractivity contribution in [1.82, 2.24) is 0 Å². The Morgan fingerprint density at radius 2 is 2.28 bits per heavy atom. The third-order valence-electron chi connectivity index (χ3n) is 3.50. The number of carbonyl (C=O) groups is 1. The predicted molar refractivity (Wildman–Crippen MR) is 73.5 cm³/mol. The lowest BCUT2D eigenvalue weighted by Crippen LogP contribution is -2.41. The van der Waals surface area contributed by atoms with Crippen LogP contribution in [0.2, 0.25) is 5.02 Å². The molecule has 4 heteroatoms. The summed E-state index contributed by atoms with van der Waals surface area (Å²) in [6.45, 7) is 2.60. The van der Waals surface area contributed by atoms with E-state index in [0.717, 1.165) is 31.5 Å². The van der Waals surface area contributed by atoms with Gasteiger partial charge >= 0.3 is 0 Å². The van der Waals surface area contributed by atoms with Crippen molar-refractivity contribution in [2.75, 3.05) is 18.1 Å². The van der Waals surface area contributed by atoms with Gasteiger partial charge in [-0.15, -0.1) is 0 Å². The number of anilines is 1. The topological polar surface area (TPSA) is 40.5 Å². The summed E-state index contributed by atoms with van der Waals surface area (Å²) in [5.74, 6) is -0.0242. The molecule has 0 radical (unpaired) electrons. The van der Waals surface area contributed by atoms with Crippen LogP contribution in [0.4, 0.5) is 5.69 Å². The average molecular weight is 268 g/mol. The van der Waals surface area contributed by atoms with E-state index in [1.165, 1.54) is 6.92 Å². The van der Waals surface area contributed by atoms with Crippen molar-refractivity contribution >= 4 is 23.1 Å². The lowest BCUT2D eigenvalue weighted by molar-refractivity contribution is 0.101. The SMILES string of the molecule is CC(=O)c1ccc(N2CCCCC2CO)cc1Cl. The van der Waals surface area contributed by atoms with Crippen molar-refractivity contribution in [2.45, 2.75) is 32.2 Å². The molecule has 0 spiro atoms. The van der Waals surface area contributed by atoms with E-state index in [0.29, 0.717) is 10.6 Å². The highest BCUT2D eigenvalue weighted by atomic mass is 35.5. The monoisotopic (exact) mass is 267 g/mol. The minimum Gasteiger partial charge on any atom is -0.394 e. The zero-order valence-electron chi connectivity index (χ0n) is 10.5. The number of nitrogens with zero attached hydrogens (tertiary/aromatic N) is 1. The van der Waals surface area contributed by atoms with Gasteiger partial charge in [0.25, 0.3) is 0 Å². The second-order valence-electron chi connectivity index (χ2n) is 4.75. The summed E-state index contributed by atoms with van der Waals surface area (Å²) in [5, 5.41) is 9.89. The molecule has 0 bridgehead atoms. The number of Topliss-reactive ketones (excluding diaryl/α,β-unsaturated/α-hetero) is 1. The van der Waals surface area contributed by atoms with E-state index in [1.54, 1.807) is 6.07 Å². The number of aliphatic hydroxyl groups excluding tert-OH is 1. The van der Waals surface area contributed by atoms with Gasteiger partial charge in [0, 0.05) is 17.8 Å². The van der Waals surface area contributed by atoms with Crippen molar-refractivity contribution in [3.8, 4) is 0 Å². The summed E-state index contributed by atoms with van der Waals surface area (Å²) in [5.41, 5.74) is 1.54. The number of benzene rings is 1.